The summed E-state index contributed by atoms with van der Waals surface area (Å²) in [6.07, 6.45) is -5.31. The minimum atomic E-state index is -4.26. The van der Waals surface area contributed by atoms with Gasteiger partial charge in [-0.2, -0.15) is 13.2 Å². The summed E-state index contributed by atoms with van der Waals surface area (Å²) in [5.41, 5.74) is 5.83. The molecule has 5 heteroatoms. The van der Waals surface area contributed by atoms with Crippen molar-refractivity contribution in [3.8, 4) is 5.75 Å². The van der Waals surface area contributed by atoms with Gasteiger partial charge in [0, 0.05) is 11.6 Å². The molecular formula is C10H12F3NO. The first kappa shape index (κ1) is 11.8. The molecule has 0 fully saturated rings. The highest BCUT2D eigenvalue weighted by atomic mass is 19.4. The van der Waals surface area contributed by atoms with Gasteiger partial charge in [-0.05, 0) is 6.07 Å². The highest BCUT2D eigenvalue weighted by Gasteiger charge is 2.31. The van der Waals surface area contributed by atoms with Gasteiger partial charge in [-0.15, -0.1) is 0 Å². The smallest absolute Gasteiger partial charge is 0.390 e. The summed E-state index contributed by atoms with van der Waals surface area (Å²) in [6.45, 7) is 0. The van der Waals surface area contributed by atoms with E-state index in [0.717, 1.165) is 0 Å². The van der Waals surface area contributed by atoms with E-state index in [1.54, 1.807) is 18.2 Å². The topological polar surface area (TPSA) is 35.2 Å². The van der Waals surface area contributed by atoms with Crippen molar-refractivity contribution in [3.63, 3.8) is 0 Å². The molecular weight excluding hydrogens is 207 g/mol. The third-order valence-electron chi connectivity index (χ3n) is 1.99. The Morgan fingerprint density at radius 2 is 1.93 bits per heavy atom. The zero-order valence-electron chi connectivity index (χ0n) is 8.21. The standard InChI is InChI=1S/C10H12F3NO/c1-15-9-5-3-2-4-7(9)8(14)6-10(11,12)13/h2-5,8H,6,14H2,1H3/t8-/m1/s1. The average molecular weight is 219 g/mol. The van der Waals surface area contributed by atoms with Gasteiger partial charge in [0.1, 0.15) is 5.75 Å². The Balaban J connectivity index is 2.86. The van der Waals surface area contributed by atoms with Crippen molar-refractivity contribution in [2.45, 2.75) is 18.6 Å². The Morgan fingerprint density at radius 3 is 2.47 bits per heavy atom. The van der Waals surface area contributed by atoms with Crippen molar-refractivity contribution in [2.24, 2.45) is 5.73 Å². The molecule has 0 amide bonds. The van der Waals surface area contributed by atoms with E-state index in [1.165, 1.54) is 13.2 Å². The molecule has 15 heavy (non-hydrogen) atoms. The summed E-state index contributed by atoms with van der Waals surface area (Å²) in [6, 6.07) is 5.36. The van der Waals surface area contributed by atoms with Crippen LogP contribution in [0.15, 0.2) is 24.3 Å². The van der Waals surface area contributed by atoms with E-state index in [-0.39, 0.29) is 0 Å². The maximum Gasteiger partial charge on any atom is 0.390 e. The third kappa shape index (κ3) is 3.43. The van der Waals surface area contributed by atoms with Gasteiger partial charge in [-0.25, -0.2) is 0 Å². The quantitative estimate of drug-likeness (QED) is 0.848. The molecule has 0 unspecified atom stereocenters. The molecule has 1 aromatic carbocycles. The molecule has 0 aliphatic carbocycles. The molecule has 1 atom stereocenters. The summed E-state index contributed by atoms with van der Waals surface area (Å²) < 4.78 is 41.3. The van der Waals surface area contributed by atoms with Gasteiger partial charge in [-0.1, -0.05) is 18.2 Å². The Hall–Kier alpha value is -1.23. The minimum Gasteiger partial charge on any atom is -0.496 e. The van der Waals surface area contributed by atoms with Gasteiger partial charge in [0.15, 0.2) is 0 Å². The first-order valence-electron chi connectivity index (χ1n) is 4.39. The van der Waals surface area contributed by atoms with Crippen LogP contribution in [-0.2, 0) is 0 Å². The number of nitrogens with two attached hydrogens (primary N) is 1. The second kappa shape index (κ2) is 4.53. The van der Waals surface area contributed by atoms with E-state index in [2.05, 4.69) is 0 Å². The number of ether oxygens (including phenoxy) is 1. The fourth-order valence-electron chi connectivity index (χ4n) is 1.33. The third-order valence-corrected chi connectivity index (χ3v) is 1.99. The van der Waals surface area contributed by atoms with Gasteiger partial charge in [0.05, 0.1) is 13.5 Å². The van der Waals surface area contributed by atoms with Gasteiger partial charge >= 0.3 is 6.18 Å². The molecule has 1 aromatic rings. The maximum atomic E-state index is 12.1. The van der Waals surface area contributed by atoms with E-state index >= 15 is 0 Å². The van der Waals surface area contributed by atoms with Crippen molar-refractivity contribution >= 4 is 0 Å². The molecule has 1 rings (SSSR count). The van der Waals surface area contributed by atoms with Crippen LogP contribution in [0.2, 0.25) is 0 Å². The van der Waals surface area contributed by atoms with Gasteiger partial charge in [-0.3, -0.25) is 0 Å². The van der Waals surface area contributed by atoms with Crippen LogP contribution < -0.4 is 10.5 Å². The molecule has 0 saturated carbocycles. The summed E-state index contributed by atoms with van der Waals surface area (Å²) in [7, 11) is 1.40. The van der Waals surface area contributed by atoms with Gasteiger partial charge < -0.3 is 10.5 Å². The molecule has 0 aromatic heterocycles. The Kier molecular flexibility index (Phi) is 3.57. The van der Waals surface area contributed by atoms with Crippen LogP contribution in [0, 0.1) is 0 Å². The number of hydrogen-bond acceptors (Lipinski definition) is 2. The van der Waals surface area contributed by atoms with Gasteiger partial charge in [0.25, 0.3) is 0 Å². The molecule has 84 valence electrons. The Morgan fingerprint density at radius 1 is 1.33 bits per heavy atom. The predicted octanol–water partition coefficient (Wildman–Crippen LogP) is 2.65. The number of methoxy groups -OCH3 is 1. The maximum absolute atomic E-state index is 12.1. The van der Waals surface area contributed by atoms with E-state index in [9.17, 15) is 13.2 Å². The van der Waals surface area contributed by atoms with Crippen LogP contribution in [0.1, 0.15) is 18.0 Å². The molecule has 2 N–H and O–H groups in total. The van der Waals surface area contributed by atoms with Crippen molar-refractivity contribution in [1.82, 2.24) is 0 Å². The van der Waals surface area contributed by atoms with Crippen molar-refractivity contribution in [2.75, 3.05) is 7.11 Å². The molecule has 0 radical (unpaired) electrons. The van der Waals surface area contributed by atoms with E-state index in [0.29, 0.717) is 11.3 Å². The number of alkyl halides is 3. The molecule has 0 saturated heterocycles. The highest BCUT2D eigenvalue weighted by Crippen LogP contribution is 2.31. The summed E-state index contributed by atoms with van der Waals surface area (Å²) in [5, 5.41) is 0. The van der Waals surface area contributed by atoms with E-state index < -0.39 is 18.6 Å². The number of benzene rings is 1. The van der Waals surface area contributed by atoms with Crippen molar-refractivity contribution in [1.29, 1.82) is 0 Å². The number of halogens is 3. The Bertz CT molecular complexity index is 325. The van der Waals surface area contributed by atoms with Crippen LogP contribution in [0.4, 0.5) is 13.2 Å². The first-order chi connectivity index (χ1) is 6.94. The molecule has 0 spiro atoms. The van der Waals surface area contributed by atoms with E-state index in [4.69, 9.17) is 10.5 Å². The van der Waals surface area contributed by atoms with Crippen LogP contribution in [0.25, 0.3) is 0 Å². The lowest BCUT2D eigenvalue weighted by molar-refractivity contribution is -0.138. The van der Waals surface area contributed by atoms with Crippen LogP contribution >= 0.6 is 0 Å². The predicted molar refractivity (Wildman–Crippen MR) is 50.6 cm³/mol. The molecule has 0 bridgehead atoms. The highest BCUT2D eigenvalue weighted by molar-refractivity contribution is 5.35. The Labute approximate surface area is 85.8 Å². The second-order valence-electron chi connectivity index (χ2n) is 3.17. The monoisotopic (exact) mass is 219 g/mol. The normalized spacial score (nSPS) is 13.7. The van der Waals surface area contributed by atoms with Crippen molar-refractivity contribution in [3.05, 3.63) is 29.8 Å². The van der Waals surface area contributed by atoms with Crippen LogP contribution in [0.5, 0.6) is 5.75 Å². The lowest BCUT2D eigenvalue weighted by Crippen LogP contribution is -2.20. The summed E-state index contributed by atoms with van der Waals surface area (Å²) in [4.78, 5) is 0. The molecule has 0 aliphatic rings. The summed E-state index contributed by atoms with van der Waals surface area (Å²) in [5.74, 6) is 0.384. The minimum absolute atomic E-state index is 0.373. The number of hydrogen-bond donors (Lipinski definition) is 1. The van der Waals surface area contributed by atoms with Gasteiger partial charge in [0.2, 0.25) is 0 Å². The summed E-state index contributed by atoms with van der Waals surface area (Å²) >= 11 is 0. The first-order valence-corrected chi connectivity index (χ1v) is 4.39. The molecule has 0 aliphatic heterocycles. The number of para-hydroxylation sites is 1. The van der Waals surface area contributed by atoms with Crippen LogP contribution in [-0.4, -0.2) is 13.3 Å². The second-order valence-corrected chi connectivity index (χ2v) is 3.17. The largest absolute Gasteiger partial charge is 0.496 e. The van der Waals surface area contributed by atoms with E-state index in [1.807, 2.05) is 0 Å². The fraction of sp³-hybridized carbons (Fsp3) is 0.400. The van der Waals surface area contributed by atoms with Crippen molar-refractivity contribution < 1.29 is 17.9 Å². The zero-order chi connectivity index (χ0) is 11.5. The number of rotatable bonds is 3. The van der Waals surface area contributed by atoms with Crippen LogP contribution in [0.3, 0.4) is 0 Å². The lowest BCUT2D eigenvalue weighted by atomic mass is 10.0. The fourth-order valence-corrected chi connectivity index (χ4v) is 1.33. The molecule has 0 heterocycles. The molecule has 2 nitrogen and oxygen atoms in total. The average Bonchev–Trinajstić information content (AvgIpc) is 2.15. The zero-order valence-corrected chi connectivity index (χ0v) is 8.21. The lowest BCUT2D eigenvalue weighted by Gasteiger charge is -2.16. The SMILES string of the molecule is COc1ccccc1[C@H](N)CC(F)(F)F.